The van der Waals surface area contributed by atoms with Crippen LogP contribution in [0.15, 0.2) is 53.0 Å². The quantitative estimate of drug-likeness (QED) is 0.836. The molecule has 0 saturated carbocycles. The molecule has 1 aliphatic rings. The van der Waals surface area contributed by atoms with E-state index in [9.17, 15) is 4.79 Å². The third kappa shape index (κ3) is 3.62. The molecule has 3 rings (SSSR count). The van der Waals surface area contributed by atoms with Gasteiger partial charge in [-0.3, -0.25) is 4.79 Å². The van der Waals surface area contributed by atoms with Gasteiger partial charge in [0.15, 0.2) is 0 Å². The molecule has 1 unspecified atom stereocenters. The number of nitrogens with one attached hydrogen (secondary N) is 1. The summed E-state index contributed by atoms with van der Waals surface area (Å²) in [4.78, 5) is 15.0. The van der Waals surface area contributed by atoms with Gasteiger partial charge >= 0.3 is 0 Å². The molecular formula is C19H22BrN3O. The molecule has 0 aromatic heterocycles. The summed E-state index contributed by atoms with van der Waals surface area (Å²) >= 11 is 3.40. The van der Waals surface area contributed by atoms with Gasteiger partial charge in [0.25, 0.3) is 0 Å². The SMILES string of the molecule is CC(N)(C(=O)Nc1cccc(N2CCCC2)c1)c1ccc(Br)cc1. The van der Waals surface area contributed by atoms with Gasteiger partial charge in [-0.15, -0.1) is 0 Å². The van der Waals surface area contributed by atoms with Gasteiger partial charge in [0, 0.05) is 28.9 Å². The summed E-state index contributed by atoms with van der Waals surface area (Å²) in [5.74, 6) is -0.219. The molecule has 1 fully saturated rings. The van der Waals surface area contributed by atoms with E-state index < -0.39 is 5.54 Å². The molecule has 1 atom stereocenters. The molecule has 2 aromatic rings. The summed E-state index contributed by atoms with van der Waals surface area (Å²) in [7, 11) is 0. The standard InChI is InChI=1S/C19H22BrN3O/c1-19(21,14-7-9-15(20)10-8-14)18(24)22-16-5-4-6-17(13-16)23-11-2-3-12-23/h4-10,13H,2-3,11-12,21H2,1H3,(H,22,24). The predicted octanol–water partition coefficient (Wildman–Crippen LogP) is 3.86. The Morgan fingerprint density at radius 2 is 1.83 bits per heavy atom. The number of benzene rings is 2. The van der Waals surface area contributed by atoms with E-state index in [1.54, 1.807) is 6.92 Å². The van der Waals surface area contributed by atoms with Crippen molar-refractivity contribution in [2.75, 3.05) is 23.3 Å². The minimum Gasteiger partial charge on any atom is -0.371 e. The molecule has 126 valence electrons. The van der Waals surface area contributed by atoms with E-state index in [-0.39, 0.29) is 5.91 Å². The minimum atomic E-state index is -1.09. The molecule has 24 heavy (non-hydrogen) atoms. The molecule has 5 heteroatoms. The summed E-state index contributed by atoms with van der Waals surface area (Å²) in [6, 6.07) is 15.5. The molecule has 0 radical (unpaired) electrons. The van der Waals surface area contributed by atoms with Crippen LogP contribution in [0.3, 0.4) is 0 Å². The highest BCUT2D eigenvalue weighted by atomic mass is 79.9. The van der Waals surface area contributed by atoms with Crippen LogP contribution in [0, 0.1) is 0 Å². The van der Waals surface area contributed by atoms with E-state index in [4.69, 9.17) is 5.73 Å². The van der Waals surface area contributed by atoms with Crippen LogP contribution in [0.5, 0.6) is 0 Å². The van der Waals surface area contributed by atoms with Gasteiger partial charge in [-0.2, -0.15) is 0 Å². The van der Waals surface area contributed by atoms with Crippen LogP contribution in [-0.4, -0.2) is 19.0 Å². The van der Waals surface area contributed by atoms with E-state index in [0.29, 0.717) is 0 Å². The number of hydrogen-bond acceptors (Lipinski definition) is 3. The molecule has 1 aliphatic heterocycles. The van der Waals surface area contributed by atoms with Gasteiger partial charge in [0.2, 0.25) is 5.91 Å². The van der Waals surface area contributed by atoms with Crippen LogP contribution in [0.25, 0.3) is 0 Å². The van der Waals surface area contributed by atoms with Crippen molar-refractivity contribution in [3.63, 3.8) is 0 Å². The zero-order valence-electron chi connectivity index (χ0n) is 13.8. The zero-order chi connectivity index (χ0) is 17.2. The smallest absolute Gasteiger partial charge is 0.248 e. The molecule has 1 heterocycles. The van der Waals surface area contributed by atoms with E-state index >= 15 is 0 Å². The highest BCUT2D eigenvalue weighted by molar-refractivity contribution is 9.10. The van der Waals surface area contributed by atoms with Crippen molar-refractivity contribution in [2.24, 2.45) is 5.73 Å². The van der Waals surface area contributed by atoms with Crippen LogP contribution in [0.2, 0.25) is 0 Å². The highest BCUT2D eigenvalue weighted by Gasteiger charge is 2.30. The lowest BCUT2D eigenvalue weighted by Gasteiger charge is -2.25. The van der Waals surface area contributed by atoms with Gasteiger partial charge in [-0.1, -0.05) is 34.1 Å². The predicted molar refractivity (Wildman–Crippen MR) is 102 cm³/mol. The first-order chi connectivity index (χ1) is 11.5. The Hall–Kier alpha value is -1.85. The lowest BCUT2D eigenvalue weighted by Crippen LogP contribution is -2.45. The number of hydrogen-bond donors (Lipinski definition) is 2. The highest BCUT2D eigenvalue weighted by Crippen LogP contribution is 2.26. The van der Waals surface area contributed by atoms with Crippen LogP contribution in [0.4, 0.5) is 11.4 Å². The molecular weight excluding hydrogens is 366 g/mol. The maximum absolute atomic E-state index is 12.7. The van der Waals surface area contributed by atoms with Gasteiger partial charge in [-0.05, 0) is 55.7 Å². The number of anilines is 2. The Morgan fingerprint density at radius 1 is 1.17 bits per heavy atom. The number of amides is 1. The fourth-order valence-electron chi connectivity index (χ4n) is 2.94. The average molecular weight is 388 g/mol. The fraction of sp³-hybridized carbons (Fsp3) is 0.316. The van der Waals surface area contributed by atoms with Crippen molar-refractivity contribution < 1.29 is 4.79 Å². The van der Waals surface area contributed by atoms with Crippen molar-refractivity contribution in [1.29, 1.82) is 0 Å². The summed E-state index contributed by atoms with van der Waals surface area (Å²) < 4.78 is 0.959. The van der Waals surface area contributed by atoms with E-state index in [1.165, 1.54) is 12.8 Å². The molecule has 0 bridgehead atoms. The third-order valence-electron chi connectivity index (χ3n) is 4.49. The molecule has 1 saturated heterocycles. The number of carbonyl (C=O) groups excluding carboxylic acids is 1. The van der Waals surface area contributed by atoms with Crippen LogP contribution >= 0.6 is 15.9 Å². The van der Waals surface area contributed by atoms with Gasteiger partial charge in [0.05, 0.1) is 0 Å². The van der Waals surface area contributed by atoms with E-state index in [1.807, 2.05) is 42.5 Å². The Labute approximate surface area is 151 Å². The number of carbonyl (C=O) groups is 1. The summed E-state index contributed by atoms with van der Waals surface area (Å²) in [6.45, 7) is 3.88. The Morgan fingerprint density at radius 3 is 2.50 bits per heavy atom. The number of nitrogens with zero attached hydrogens (tertiary/aromatic N) is 1. The van der Waals surface area contributed by atoms with Crippen LogP contribution in [-0.2, 0) is 10.3 Å². The van der Waals surface area contributed by atoms with Crippen molar-refractivity contribution in [3.05, 3.63) is 58.6 Å². The van der Waals surface area contributed by atoms with Crippen molar-refractivity contribution >= 4 is 33.2 Å². The van der Waals surface area contributed by atoms with Crippen LogP contribution < -0.4 is 16.0 Å². The molecule has 1 amide bonds. The van der Waals surface area contributed by atoms with Crippen molar-refractivity contribution in [3.8, 4) is 0 Å². The van der Waals surface area contributed by atoms with Crippen molar-refractivity contribution in [2.45, 2.75) is 25.3 Å². The number of rotatable bonds is 4. The van der Waals surface area contributed by atoms with Gasteiger partial charge in [0.1, 0.15) is 5.54 Å². The van der Waals surface area contributed by atoms with Crippen LogP contribution in [0.1, 0.15) is 25.3 Å². The number of halogens is 1. The third-order valence-corrected chi connectivity index (χ3v) is 5.02. The first kappa shape index (κ1) is 17.0. The molecule has 4 nitrogen and oxygen atoms in total. The second kappa shape index (κ2) is 6.95. The summed E-state index contributed by atoms with van der Waals surface area (Å²) in [6.07, 6.45) is 2.45. The average Bonchev–Trinajstić information content (AvgIpc) is 3.10. The molecule has 0 aliphatic carbocycles. The second-order valence-corrected chi connectivity index (χ2v) is 7.32. The van der Waals surface area contributed by atoms with Crippen molar-refractivity contribution in [1.82, 2.24) is 0 Å². The first-order valence-corrected chi connectivity index (χ1v) is 8.97. The molecule has 3 N–H and O–H groups in total. The summed E-state index contributed by atoms with van der Waals surface area (Å²) in [5.41, 5.74) is 7.91. The van der Waals surface area contributed by atoms with E-state index in [0.717, 1.165) is 34.5 Å². The maximum Gasteiger partial charge on any atom is 0.248 e. The molecule has 2 aromatic carbocycles. The Balaban J connectivity index is 1.76. The number of nitrogens with two attached hydrogens (primary N) is 1. The monoisotopic (exact) mass is 387 g/mol. The minimum absolute atomic E-state index is 0.219. The molecule has 0 spiro atoms. The van der Waals surface area contributed by atoms with Gasteiger partial charge < -0.3 is 16.0 Å². The normalized spacial score (nSPS) is 16.7. The lowest BCUT2D eigenvalue weighted by atomic mass is 9.92. The van der Waals surface area contributed by atoms with Gasteiger partial charge in [-0.25, -0.2) is 0 Å². The maximum atomic E-state index is 12.7. The second-order valence-electron chi connectivity index (χ2n) is 6.41. The lowest BCUT2D eigenvalue weighted by molar-refractivity contribution is -0.120. The first-order valence-electron chi connectivity index (χ1n) is 8.18. The Bertz CT molecular complexity index is 722. The fourth-order valence-corrected chi connectivity index (χ4v) is 3.21. The topological polar surface area (TPSA) is 58.4 Å². The summed E-state index contributed by atoms with van der Waals surface area (Å²) in [5, 5.41) is 2.96. The zero-order valence-corrected chi connectivity index (χ0v) is 15.3. The largest absolute Gasteiger partial charge is 0.371 e. The Kier molecular flexibility index (Phi) is 4.92. The van der Waals surface area contributed by atoms with E-state index in [2.05, 4.69) is 32.2 Å².